The van der Waals surface area contributed by atoms with Gasteiger partial charge in [-0.2, -0.15) is 6.08 Å². The van der Waals surface area contributed by atoms with Gasteiger partial charge in [0.05, 0.1) is 0 Å². The summed E-state index contributed by atoms with van der Waals surface area (Å²) in [7, 11) is -3.23. The molecule has 0 nitrogen and oxygen atoms in total. The van der Waals surface area contributed by atoms with Gasteiger partial charge in [0.15, 0.2) is 0 Å². The monoisotopic (exact) mass is 1040 g/mol. The van der Waals surface area contributed by atoms with Crippen LogP contribution in [0.25, 0.3) is 0 Å². The molecule has 0 radical (unpaired) electrons. The van der Waals surface area contributed by atoms with Crippen molar-refractivity contribution in [3.8, 4) is 0 Å². The maximum Gasteiger partial charge on any atom is 4.00 e. The summed E-state index contributed by atoms with van der Waals surface area (Å²) < 4.78 is 0. The number of hydrogen-bond donors (Lipinski definition) is 0. The fourth-order valence-corrected chi connectivity index (χ4v) is 16.1. The van der Waals surface area contributed by atoms with E-state index in [1.165, 1.54) is 93.1 Å². The Labute approximate surface area is 463 Å². The zero-order valence-corrected chi connectivity index (χ0v) is 45.7. The Kier molecular flexibility index (Phi) is 20.7. The topological polar surface area (TPSA) is 0 Å². The van der Waals surface area contributed by atoms with Crippen molar-refractivity contribution in [2.75, 3.05) is 0 Å². The van der Waals surface area contributed by atoms with E-state index in [9.17, 15) is 0 Å². The first kappa shape index (κ1) is 55.6. The SMILES string of the molecule is CCC1=CC[C-]=C1[Si](c1cc(Cc2ccccc2)cc(Cc2ccccc2)c1)(c1cc(Cc2ccccc2)cc(Cc2ccccc2)c1)c1cc(Cc2ccccc2)cc(Cc2ccccc2)c1.[Cl-].[Cl-].[Cl-].[Ti+4]. The van der Waals surface area contributed by atoms with Gasteiger partial charge in [-0.3, -0.25) is 6.08 Å². The van der Waals surface area contributed by atoms with Gasteiger partial charge in [0.2, 0.25) is 0 Å². The Morgan fingerprint density at radius 2 is 0.542 bits per heavy atom. The van der Waals surface area contributed by atoms with E-state index >= 15 is 0 Å². The Bertz CT molecular complexity index is 2670. The summed E-state index contributed by atoms with van der Waals surface area (Å²) in [5.74, 6) is 0. The number of benzene rings is 9. The van der Waals surface area contributed by atoms with Crippen molar-refractivity contribution in [3.05, 3.63) is 326 Å². The van der Waals surface area contributed by atoms with Gasteiger partial charge < -0.3 is 37.2 Å². The summed E-state index contributed by atoms with van der Waals surface area (Å²) in [6.07, 6.45) is 13.6. The largest absolute Gasteiger partial charge is 4.00 e. The van der Waals surface area contributed by atoms with Crippen molar-refractivity contribution in [1.29, 1.82) is 0 Å². The van der Waals surface area contributed by atoms with Crippen molar-refractivity contribution in [3.63, 3.8) is 0 Å². The first-order chi connectivity index (χ1) is 33.6. The first-order valence-corrected chi connectivity index (χ1v) is 26.5. The fraction of sp³-hybridized carbons (Fsp3) is 0.134. The number of allylic oxidation sites excluding steroid dienone is 4. The first-order valence-electron chi connectivity index (χ1n) is 24.5. The van der Waals surface area contributed by atoms with Crippen LogP contribution in [0.5, 0.6) is 0 Å². The molecule has 0 heterocycles. The molecule has 0 amide bonds. The molecule has 1 aliphatic rings. The van der Waals surface area contributed by atoms with Gasteiger partial charge in [0.25, 0.3) is 0 Å². The molecule has 0 aliphatic heterocycles. The van der Waals surface area contributed by atoms with Gasteiger partial charge in [-0.25, -0.2) is 10.8 Å². The molecule has 0 N–H and O–H groups in total. The van der Waals surface area contributed by atoms with Gasteiger partial charge in [-0.1, -0.05) is 250 Å². The van der Waals surface area contributed by atoms with E-state index in [-0.39, 0.29) is 58.9 Å². The predicted molar refractivity (Wildman–Crippen MR) is 289 cm³/mol. The van der Waals surface area contributed by atoms with Crippen LogP contribution in [0.3, 0.4) is 0 Å². The van der Waals surface area contributed by atoms with Gasteiger partial charge in [-0.15, -0.1) is 6.42 Å². The summed E-state index contributed by atoms with van der Waals surface area (Å²) in [6.45, 7) is 2.35. The van der Waals surface area contributed by atoms with Crippen molar-refractivity contribution in [2.45, 2.75) is 58.3 Å². The molecule has 0 saturated heterocycles. The van der Waals surface area contributed by atoms with Crippen molar-refractivity contribution in [2.24, 2.45) is 0 Å². The molecule has 0 bridgehead atoms. The minimum absolute atomic E-state index is 0. The van der Waals surface area contributed by atoms with Gasteiger partial charge in [0.1, 0.15) is 8.07 Å². The van der Waals surface area contributed by atoms with E-state index in [0.29, 0.717) is 0 Å². The molecule has 9 aromatic rings. The Morgan fingerprint density at radius 1 is 0.319 bits per heavy atom. The van der Waals surface area contributed by atoms with Crippen molar-refractivity contribution in [1.82, 2.24) is 0 Å². The minimum Gasteiger partial charge on any atom is -1.00 e. The Balaban J connectivity index is 0.00000212. The summed E-state index contributed by atoms with van der Waals surface area (Å²) in [4.78, 5) is 0. The molecule has 0 fully saturated rings. The van der Waals surface area contributed by atoms with Crippen LogP contribution in [-0.2, 0) is 60.2 Å². The number of halogens is 3. The molecule has 0 aromatic heterocycles. The minimum atomic E-state index is -3.23. The van der Waals surface area contributed by atoms with E-state index in [1.54, 1.807) is 0 Å². The van der Waals surface area contributed by atoms with Crippen LogP contribution in [0, 0.1) is 6.08 Å². The van der Waals surface area contributed by atoms with E-state index in [2.05, 4.69) is 256 Å². The standard InChI is InChI=1S/C67H59Si.3ClH.Ti/c1-2-63-34-21-35-67(63)68(64-45-57(36-51-22-9-3-10-23-51)42-58(46-64)37-52-24-11-4-12-25-52,65-47-59(38-53-26-13-5-14-27-53)43-60(48-65)39-54-28-15-6-16-29-54)66-49-61(40-55-30-17-7-18-31-55)44-62(50-66)41-56-32-19-8-20-33-56;;;;/h3-20,22-34,42-50H,2,21,36-41H2,1H3;3*1H;/q-1;;;;+4/p-3. The van der Waals surface area contributed by atoms with Crippen LogP contribution in [0.4, 0.5) is 0 Å². The summed E-state index contributed by atoms with van der Waals surface area (Å²) in [5.41, 5.74) is 17.5. The predicted octanol–water partition coefficient (Wildman–Crippen LogP) is 4.72. The third kappa shape index (κ3) is 13.5. The van der Waals surface area contributed by atoms with E-state index in [4.69, 9.17) is 0 Å². The van der Waals surface area contributed by atoms with Crippen LogP contribution in [0.15, 0.2) is 253 Å². The van der Waals surface area contributed by atoms with Crippen LogP contribution in [-0.4, -0.2) is 8.07 Å². The maximum absolute atomic E-state index is 4.19. The van der Waals surface area contributed by atoms with Crippen molar-refractivity contribution >= 4 is 23.6 Å². The molecule has 72 heavy (non-hydrogen) atoms. The second-order valence-electron chi connectivity index (χ2n) is 18.7. The molecular formula is C67H59Cl3SiTi. The normalized spacial score (nSPS) is 11.7. The average molecular weight is 1050 g/mol. The summed E-state index contributed by atoms with van der Waals surface area (Å²) in [5, 5.41) is 5.73. The quantitative estimate of drug-likeness (QED) is 0.0705. The zero-order valence-electron chi connectivity index (χ0n) is 40.9. The third-order valence-corrected chi connectivity index (χ3v) is 18.4. The molecule has 9 aromatic carbocycles. The molecule has 10 rings (SSSR count). The second-order valence-corrected chi connectivity index (χ2v) is 22.4. The molecule has 1 aliphatic carbocycles. The van der Waals surface area contributed by atoms with Gasteiger partial charge >= 0.3 is 21.7 Å². The fourth-order valence-electron chi connectivity index (χ4n) is 10.7. The van der Waals surface area contributed by atoms with Crippen LogP contribution < -0.4 is 52.8 Å². The van der Waals surface area contributed by atoms with Crippen LogP contribution >= 0.6 is 0 Å². The van der Waals surface area contributed by atoms with Crippen molar-refractivity contribution < 1.29 is 58.9 Å². The number of hydrogen-bond acceptors (Lipinski definition) is 0. The molecule has 0 spiro atoms. The van der Waals surface area contributed by atoms with Crippen LogP contribution in [0.2, 0.25) is 0 Å². The summed E-state index contributed by atoms with van der Waals surface area (Å²) >= 11 is 0. The Morgan fingerprint density at radius 3 is 0.750 bits per heavy atom. The average Bonchev–Trinajstić information content (AvgIpc) is 3.85. The van der Waals surface area contributed by atoms with E-state index in [0.717, 1.165) is 51.4 Å². The molecule has 0 atom stereocenters. The molecule has 5 heteroatoms. The Hall–Kier alpha value is -5.74. The maximum atomic E-state index is 4.19. The third-order valence-electron chi connectivity index (χ3n) is 13.7. The molecule has 0 unspecified atom stereocenters. The smallest absolute Gasteiger partial charge is 1.00 e. The molecule has 356 valence electrons. The van der Waals surface area contributed by atoms with E-state index in [1.807, 2.05) is 0 Å². The van der Waals surface area contributed by atoms with Gasteiger partial charge in [0, 0.05) is 0 Å². The second kappa shape index (κ2) is 26.8. The van der Waals surface area contributed by atoms with Crippen LogP contribution in [0.1, 0.15) is 86.5 Å². The summed E-state index contributed by atoms with van der Waals surface area (Å²) in [6, 6.07) is 89.5. The zero-order chi connectivity index (χ0) is 46.0. The molecule has 0 saturated carbocycles. The van der Waals surface area contributed by atoms with E-state index < -0.39 is 8.07 Å². The molecular weight excluding hydrogens is 987 g/mol. The van der Waals surface area contributed by atoms with Gasteiger partial charge in [-0.05, 0) is 121 Å². The number of rotatable bonds is 17.